The standard InChI is InChI=1S/C18H19N3O5/c1-23-14-9-8-12(11-16(14)24-2)25-10-4-7-17(22)26-15-6-3-5-13-18(15)20-21-19-13/h3,5-6,8-9,11H,4,7,10H2,1-2H3,(H,19,20,21). The van der Waals surface area contributed by atoms with Crippen molar-refractivity contribution in [1.82, 2.24) is 15.4 Å². The Morgan fingerprint density at radius 1 is 1.08 bits per heavy atom. The Morgan fingerprint density at radius 2 is 1.92 bits per heavy atom. The molecule has 1 heterocycles. The normalized spacial score (nSPS) is 10.5. The van der Waals surface area contributed by atoms with Crippen LogP contribution in [0.25, 0.3) is 11.0 Å². The smallest absolute Gasteiger partial charge is 0.311 e. The number of carbonyl (C=O) groups excluding carboxylic acids is 1. The van der Waals surface area contributed by atoms with Crippen molar-refractivity contribution in [3.8, 4) is 23.0 Å². The molecule has 1 N–H and O–H groups in total. The van der Waals surface area contributed by atoms with Crippen LogP contribution in [0.1, 0.15) is 12.8 Å². The number of methoxy groups -OCH3 is 2. The van der Waals surface area contributed by atoms with Crippen molar-refractivity contribution in [3.63, 3.8) is 0 Å². The Labute approximate surface area is 150 Å². The molecule has 0 bridgehead atoms. The first-order chi connectivity index (χ1) is 12.7. The molecule has 0 atom stereocenters. The fraction of sp³-hybridized carbons (Fsp3) is 0.278. The van der Waals surface area contributed by atoms with Crippen molar-refractivity contribution in [2.75, 3.05) is 20.8 Å². The van der Waals surface area contributed by atoms with Crippen molar-refractivity contribution in [1.29, 1.82) is 0 Å². The first-order valence-electron chi connectivity index (χ1n) is 8.06. The molecule has 2 aromatic carbocycles. The highest BCUT2D eigenvalue weighted by atomic mass is 16.5. The zero-order chi connectivity index (χ0) is 18.4. The van der Waals surface area contributed by atoms with E-state index in [2.05, 4.69) is 15.4 Å². The third-order valence-electron chi connectivity index (χ3n) is 3.69. The van der Waals surface area contributed by atoms with Crippen LogP contribution in [0.15, 0.2) is 36.4 Å². The van der Waals surface area contributed by atoms with Crippen molar-refractivity contribution < 1.29 is 23.7 Å². The van der Waals surface area contributed by atoms with Crippen molar-refractivity contribution in [2.24, 2.45) is 0 Å². The van der Waals surface area contributed by atoms with Gasteiger partial charge >= 0.3 is 5.97 Å². The summed E-state index contributed by atoms with van der Waals surface area (Å²) in [6.45, 7) is 0.374. The van der Waals surface area contributed by atoms with Gasteiger partial charge in [0.2, 0.25) is 0 Å². The highest BCUT2D eigenvalue weighted by molar-refractivity contribution is 5.84. The van der Waals surface area contributed by atoms with E-state index < -0.39 is 0 Å². The molecule has 0 unspecified atom stereocenters. The van der Waals surface area contributed by atoms with Gasteiger partial charge in [0.05, 0.1) is 26.3 Å². The highest BCUT2D eigenvalue weighted by Gasteiger charge is 2.11. The first-order valence-corrected chi connectivity index (χ1v) is 8.06. The van der Waals surface area contributed by atoms with Crippen LogP contribution in [-0.2, 0) is 4.79 Å². The topological polar surface area (TPSA) is 95.6 Å². The molecule has 0 fully saturated rings. The van der Waals surface area contributed by atoms with Gasteiger partial charge in [-0.15, -0.1) is 5.10 Å². The molecule has 8 nitrogen and oxygen atoms in total. The van der Waals surface area contributed by atoms with Crippen LogP contribution in [0.3, 0.4) is 0 Å². The van der Waals surface area contributed by atoms with E-state index in [4.69, 9.17) is 18.9 Å². The lowest BCUT2D eigenvalue weighted by atomic mass is 10.3. The average molecular weight is 357 g/mol. The fourth-order valence-electron chi connectivity index (χ4n) is 2.41. The maximum Gasteiger partial charge on any atom is 0.311 e. The number of ether oxygens (including phenoxy) is 4. The lowest BCUT2D eigenvalue weighted by molar-refractivity contribution is -0.134. The van der Waals surface area contributed by atoms with Gasteiger partial charge in [0.15, 0.2) is 22.8 Å². The minimum atomic E-state index is -0.351. The SMILES string of the molecule is COc1ccc(OCCCC(=O)Oc2cccc3[nH]nnc23)cc1OC. The number of hydrogen-bond donors (Lipinski definition) is 1. The van der Waals surface area contributed by atoms with Gasteiger partial charge in [0.25, 0.3) is 0 Å². The highest BCUT2D eigenvalue weighted by Crippen LogP contribution is 2.31. The summed E-state index contributed by atoms with van der Waals surface area (Å²) >= 11 is 0. The molecular weight excluding hydrogens is 338 g/mol. The molecule has 26 heavy (non-hydrogen) atoms. The predicted octanol–water partition coefficient (Wildman–Crippen LogP) is 2.74. The van der Waals surface area contributed by atoms with Crippen LogP contribution in [0.5, 0.6) is 23.0 Å². The molecule has 0 spiro atoms. The van der Waals surface area contributed by atoms with Gasteiger partial charge in [-0.1, -0.05) is 11.3 Å². The number of aromatic amines is 1. The molecule has 0 saturated heterocycles. The van der Waals surface area contributed by atoms with Gasteiger partial charge in [-0.05, 0) is 30.7 Å². The monoisotopic (exact) mass is 357 g/mol. The van der Waals surface area contributed by atoms with Crippen LogP contribution < -0.4 is 18.9 Å². The molecule has 0 amide bonds. The van der Waals surface area contributed by atoms with Gasteiger partial charge in [0, 0.05) is 12.5 Å². The van der Waals surface area contributed by atoms with E-state index in [1.807, 2.05) is 6.07 Å². The molecule has 1 aromatic heterocycles. The Balaban J connectivity index is 1.48. The summed E-state index contributed by atoms with van der Waals surface area (Å²) in [5.41, 5.74) is 1.24. The van der Waals surface area contributed by atoms with Gasteiger partial charge < -0.3 is 18.9 Å². The van der Waals surface area contributed by atoms with E-state index in [-0.39, 0.29) is 12.4 Å². The molecule has 0 aliphatic heterocycles. The quantitative estimate of drug-likeness (QED) is 0.376. The summed E-state index contributed by atoms with van der Waals surface area (Å²) in [6, 6.07) is 10.5. The zero-order valence-electron chi connectivity index (χ0n) is 14.5. The van der Waals surface area contributed by atoms with Crippen LogP contribution in [-0.4, -0.2) is 42.2 Å². The molecule has 8 heteroatoms. The van der Waals surface area contributed by atoms with Crippen LogP contribution in [0, 0.1) is 0 Å². The molecule has 0 radical (unpaired) electrons. The maximum atomic E-state index is 12.0. The Bertz CT molecular complexity index is 893. The van der Waals surface area contributed by atoms with Gasteiger partial charge in [-0.2, -0.15) is 0 Å². The van der Waals surface area contributed by atoms with Gasteiger partial charge in [-0.25, -0.2) is 0 Å². The van der Waals surface area contributed by atoms with E-state index in [1.165, 1.54) is 0 Å². The number of nitrogens with one attached hydrogen (secondary N) is 1. The summed E-state index contributed by atoms with van der Waals surface area (Å²) in [4.78, 5) is 12.0. The Kier molecular flexibility index (Phi) is 5.52. The Hall–Kier alpha value is -3.29. The Morgan fingerprint density at radius 3 is 2.73 bits per heavy atom. The lowest BCUT2D eigenvalue weighted by Gasteiger charge is -2.10. The van der Waals surface area contributed by atoms with E-state index in [0.717, 1.165) is 0 Å². The predicted molar refractivity (Wildman–Crippen MR) is 93.8 cm³/mol. The number of fused-ring (bicyclic) bond motifs is 1. The number of nitrogens with zero attached hydrogens (tertiary/aromatic N) is 2. The number of esters is 1. The van der Waals surface area contributed by atoms with Gasteiger partial charge in [0.1, 0.15) is 5.75 Å². The molecule has 3 rings (SSSR count). The van der Waals surface area contributed by atoms with E-state index in [9.17, 15) is 4.79 Å². The van der Waals surface area contributed by atoms with Crippen molar-refractivity contribution in [2.45, 2.75) is 12.8 Å². The average Bonchev–Trinajstić information content (AvgIpc) is 3.15. The van der Waals surface area contributed by atoms with Crippen LogP contribution >= 0.6 is 0 Å². The third kappa shape index (κ3) is 4.02. The third-order valence-corrected chi connectivity index (χ3v) is 3.69. The number of hydrogen-bond acceptors (Lipinski definition) is 7. The fourth-order valence-corrected chi connectivity index (χ4v) is 2.41. The number of aromatic nitrogens is 3. The number of H-pyrrole nitrogens is 1. The van der Waals surface area contributed by atoms with Crippen LogP contribution in [0.2, 0.25) is 0 Å². The largest absolute Gasteiger partial charge is 0.493 e. The molecular formula is C18H19N3O5. The molecule has 0 aliphatic rings. The first kappa shape index (κ1) is 17.5. The number of rotatable bonds is 8. The summed E-state index contributed by atoms with van der Waals surface area (Å²) < 4.78 is 21.4. The molecule has 136 valence electrons. The number of benzene rings is 2. The summed E-state index contributed by atoms with van der Waals surface area (Å²) in [5, 5.41) is 10.3. The summed E-state index contributed by atoms with van der Waals surface area (Å²) in [7, 11) is 3.14. The second kappa shape index (κ2) is 8.19. The van der Waals surface area contributed by atoms with E-state index in [0.29, 0.717) is 47.1 Å². The molecule has 0 aliphatic carbocycles. The van der Waals surface area contributed by atoms with Gasteiger partial charge in [-0.3, -0.25) is 9.89 Å². The summed E-state index contributed by atoms with van der Waals surface area (Å²) in [5.74, 6) is 1.90. The van der Waals surface area contributed by atoms with Crippen molar-refractivity contribution in [3.05, 3.63) is 36.4 Å². The number of carbonyl (C=O) groups is 1. The second-order valence-electron chi connectivity index (χ2n) is 5.41. The minimum absolute atomic E-state index is 0.224. The molecule has 0 saturated carbocycles. The minimum Gasteiger partial charge on any atom is -0.493 e. The van der Waals surface area contributed by atoms with Crippen LogP contribution in [0.4, 0.5) is 0 Å². The van der Waals surface area contributed by atoms with E-state index in [1.54, 1.807) is 44.6 Å². The summed E-state index contributed by atoms with van der Waals surface area (Å²) in [6.07, 6.45) is 0.740. The van der Waals surface area contributed by atoms with Crippen molar-refractivity contribution >= 4 is 17.0 Å². The van der Waals surface area contributed by atoms with E-state index >= 15 is 0 Å². The molecule has 3 aromatic rings. The second-order valence-corrected chi connectivity index (χ2v) is 5.41. The maximum absolute atomic E-state index is 12.0. The zero-order valence-corrected chi connectivity index (χ0v) is 14.5. The lowest BCUT2D eigenvalue weighted by Crippen LogP contribution is -2.10.